The van der Waals surface area contributed by atoms with Crippen LogP contribution in [0.1, 0.15) is 20.3 Å². The van der Waals surface area contributed by atoms with Gasteiger partial charge in [-0.3, -0.25) is 0 Å². The molecule has 1 aliphatic heterocycles. The number of imidazole rings is 1. The molecule has 0 aromatic carbocycles. The van der Waals surface area contributed by atoms with Gasteiger partial charge < -0.3 is 19.8 Å². The molecule has 1 aliphatic rings. The molecule has 8 heteroatoms. The van der Waals surface area contributed by atoms with Gasteiger partial charge in [-0.15, -0.1) is 0 Å². The molecular formula is C14H19N5O3. The maximum Gasteiger partial charge on any atom is 0.368 e. The van der Waals surface area contributed by atoms with Gasteiger partial charge in [0, 0.05) is 25.8 Å². The van der Waals surface area contributed by atoms with E-state index in [1.165, 1.54) is 10.7 Å². The highest BCUT2D eigenvalue weighted by Gasteiger charge is 2.26. The van der Waals surface area contributed by atoms with Gasteiger partial charge in [-0.05, 0) is 23.3 Å². The van der Waals surface area contributed by atoms with E-state index in [1.54, 1.807) is 6.07 Å². The third kappa shape index (κ3) is 2.87. The summed E-state index contributed by atoms with van der Waals surface area (Å²) in [4.78, 5) is 16.6. The largest absolute Gasteiger partial charge is 0.376 e. The minimum Gasteiger partial charge on any atom is -0.376 e. The Morgan fingerprint density at radius 2 is 2.32 bits per heavy atom. The zero-order valence-corrected chi connectivity index (χ0v) is 12.7. The van der Waals surface area contributed by atoms with Crippen LogP contribution in [0.3, 0.4) is 0 Å². The first-order valence-corrected chi connectivity index (χ1v) is 7.40. The van der Waals surface area contributed by atoms with Crippen LogP contribution in [0.15, 0.2) is 18.3 Å². The lowest BCUT2D eigenvalue weighted by atomic mass is 10.2. The Balaban J connectivity index is 1.76. The molecule has 8 nitrogen and oxygen atoms in total. The van der Waals surface area contributed by atoms with Crippen molar-refractivity contribution in [1.29, 1.82) is 0 Å². The highest BCUT2D eigenvalue weighted by Crippen LogP contribution is 2.22. The van der Waals surface area contributed by atoms with Crippen LogP contribution >= 0.6 is 0 Å². The maximum atomic E-state index is 11.0. The Bertz CT molecular complexity index is 684. The van der Waals surface area contributed by atoms with E-state index >= 15 is 0 Å². The Morgan fingerprint density at radius 3 is 3.05 bits per heavy atom. The SMILES string of the molecule is CC(C)COC1CCN(c2ccc3ncc([N+](=O)[O-])n3n2)C1. The summed E-state index contributed by atoms with van der Waals surface area (Å²) in [6.07, 6.45) is 2.36. The molecule has 118 valence electrons. The number of nitro groups is 1. The van der Waals surface area contributed by atoms with Gasteiger partial charge in [-0.2, -0.15) is 0 Å². The van der Waals surface area contributed by atoms with Gasteiger partial charge in [-0.25, -0.2) is 4.98 Å². The van der Waals surface area contributed by atoms with Crippen molar-refractivity contribution in [3.05, 3.63) is 28.4 Å². The topological polar surface area (TPSA) is 85.8 Å². The first-order valence-electron chi connectivity index (χ1n) is 7.40. The second-order valence-corrected chi connectivity index (χ2v) is 5.92. The molecule has 1 unspecified atom stereocenters. The van der Waals surface area contributed by atoms with Gasteiger partial charge in [0.1, 0.15) is 6.20 Å². The molecule has 3 heterocycles. The number of rotatable bonds is 5. The fourth-order valence-electron chi connectivity index (χ4n) is 2.55. The normalized spacial score (nSPS) is 18.5. The van der Waals surface area contributed by atoms with Crippen molar-refractivity contribution < 1.29 is 9.66 Å². The summed E-state index contributed by atoms with van der Waals surface area (Å²) >= 11 is 0. The summed E-state index contributed by atoms with van der Waals surface area (Å²) in [6, 6.07) is 3.59. The predicted molar refractivity (Wildman–Crippen MR) is 81.0 cm³/mol. The van der Waals surface area contributed by atoms with Crippen LogP contribution in [0.4, 0.5) is 11.6 Å². The van der Waals surface area contributed by atoms with Gasteiger partial charge in [0.05, 0.1) is 6.10 Å². The first-order chi connectivity index (χ1) is 10.5. The number of aromatic nitrogens is 3. The van der Waals surface area contributed by atoms with Crippen molar-refractivity contribution in [2.75, 3.05) is 24.6 Å². The maximum absolute atomic E-state index is 11.0. The average molecular weight is 305 g/mol. The van der Waals surface area contributed by atoms with Crippen LogP contribution in [0.5, 0.6) is 0 Å². The van der Waals surface area contributed by atoms with Crippen LogP contribution in [0.2, 0.25) is 0 Å². The lowest BCUT2D eigenvalue weighted by Gasteiger charge is -2.17. The molecule has 1 fully saturated rings. The van der Waals surface area contributed by atoms with E-state index < -0.39 is 4.92 Å². The van der Waals surface area contributed by atoms with Crippen LogP contribution in [0, 0.1) is 16.0 Å². The number of nitrogens with zero attached hydrogens (tertiary/aromatic N) is 5. The zero-order valence-electron chi connectivity index (χ0n) is 12.7. The Kier molecular flexibility index (Phi) is 3.93. The fraction of sp³-hybridized carbons (Fsp3) is 0.571. The van der Waals surface area contributed by atoms with Gasteiger partial charge >= 0.3 is 5.82 Å². The van der Waals surface area contributed by atoms with Crippen molar-refractivity contribution >= 4 is 17.3 Å². The predicted octanol–water partition coefficient (Wildman–Crippen LogP) is 1.89. The highest BCUT2D eigenvalue weighted by atomic mass is 16.6. The molecule has 0 aliphatic carbocycles. The van der Waals surface area contributed by atoms with Crippen LogP contribution in [0.25, 0.3) is 5.65 Å². The summed E-state index contributed by atoms with van der Waals surface area (Å²) in [5.41, 5.74) is 0.474. The van der Waals surface area contributed by atoms with Gasteiger partial charge in [0.2, 0.25) is 5.65 Å². The quantitative estimate of drug-likeness (QED) is 0.619. The summed E-state index contributed by atoms with van der Waals surface area (Å²) in [6.45, 7) is 6.59. The van der Waals surface area contributed by atoms with Crippen molar-refractivity contribution in [2.24, 2.45) is 5.92 Å². The molecule has 0 bridgehead atoms. The van der Waals surface area contributed by atoms with Gasteiger partial charge in [0.25, 0.3) is 0 Å². The third-order valence-electron chi connectivity index (χ3n) is 3.65. The number of hydrogen-bond acceptors (Lipinski definition) is 6. The zero-order chi connectivity index (χ0) is 15.7. The Hall–Kier alpha value is -2.22. The van der Waals surface area contributed by atoms with E-state index in [0.717, 1.165) is 26.1 Å². The minimum absolute atomic E-state index is 0.122. The van der Waals surface area contributed by atoms with E-state index in [4.69, 9.17) is 4.74 Å². The third-order valence-corrected chi connectivity index (χ3v) is 3.65. The summed E-state index contributed by atoms with van der Waals surface area (Å²) in [7, 11) is 0. The number of anilines is 1. The second kappa shape index (κ2) is 5.88. The second-order valence-electron chi connectivity index (χ2n) is 5.92. The molecule has 1 atom stereocenters. The average Bonchev–Trinajstić information content (AvgIpc) is 3.11. The van der Waals surface area contributed by atoms with E-state index in [9.17, 15) is 10.1 Å². The van der Waals surface area contributed by atoms with Gasteiger partial charge in [-0.1, -0.05) is 23.5 Å². The molecule has 0 N–H and O–H groups in total. The highest BCUT2D eigenvalue weighted by molar-refractivity contribution is 5.49. The minimum atomic E-state index is -0.477. The van der Waals surface area contributed by atoms with Crippen molar-refractivity contribution in [1.82, 2.24) is 14.6 Å². The monoisotopic (exact) mass is 305 g/mol. The first kappa shape index (κ1) is 14.7. The summed E-state index contributed by atoms with van der Waals surface area (Å²) in [5.74, 6) is 1.10. The molecule has 2 aromatic heterocycles. The molecule has 0 spiro atoms. The Labute approximate surface area is 127 Å². The number of fused-ring (bicyclic) bond motifs is 1. The van der Waals surface area contributed by atoms with E-state index in [1.807, 2.05) is 6.07 Å². The smallest absolute Gasteiger partial charge is 0.368 e. The summed E-state index contributed by atoms with van der Waals surface area (Å²) < 4.78 is 7.13. The van der Waals surface area contributed by atoms with Crippen molar-refractivity contribution in [2.45, 2.75) is 26.4 Å². The Morgan fingerprint density at radius 1 is 1.50 bits per heavy atom. The molecule has 0 radical (unpaired) electrons. The molecule has 2 aromatic rings. The molecular weight excluding hydrogens is 286 g/mol. The fourth-order valence-corrected chi connectivity index (χ4v) is 2.55. The van der Waals surface area contributed by atoms with Gasteiger partial charge in [0.15, 0.2) is 5.82 Å². The standard InChI is InChI=1S/C14H19N5O3/c1-10(2)9-22-11-5-6-17(8-11)13-4-3-12-15-7-14(19(20)21)18(12)16-13/h3-4,7,10-11H,5-6,8-9H2,1-2H3. The molecule has 1 saturated heterocycles. The van der Waals surface area contributed by atoms with Crippen LogP contribution < -0.4 is 4.90 Å². The number of hydrogen-bond donors (Lipinski definition) is 0. The number of ether oxygens (including phenoxy) is 1. The van der Waals surface area contributed by atoms with Crippen LogP contribution in [-0.4, -0.2) is 45.3 Å². The van der Waals surface area contributed by atoms with Crippen LogP contribution in [-0.2, 0) is 4.74 Å². The molecule has 22 heavy (non-hydrogen) atoms. The van der Waals surface area contributed by atoms with E-state index in [0.29, 0.717) is 17.4 Å². The lowest BCUT2D eigenvalue weighted by molar-refractivity contribution is -0.391. The van der Waals surface area contributed by atoms with Crippen molar-refractivity contribution in [3.63, 3.8) is 0 Å². The molecule has 0 saturated carbocycles. The van der Waals surface area contributed by atoms with E-state index in [-0.39, 0.29) is 11.9 Å². The van der Waals surface area contributed by atoms with Crippen molar-refractivity contribution in [3.8, 4) is 0 Å². The molecule has 3 rings (SSSR count). The van der Waals surface area contributed by atoms with E-state index in [2.05, 4.69) is 28.8 Å². The summed E-state index contributed by atoms with van der Waals surface area (Å²) in [5, 5.41) is 15.3. The molecule has 0 amide bonds. The lowest BCUT2D eigenvalue weighted by Crippen LogP contribution is -2.25.